The van der Waals surface area contributed by atoms with Crippen molar-refractivity contribution in [1.82, 2.24) is 10.2 Å². The molecule has 8 heteroatoms. The number of nitro groups is 1. The maximum atomic E-state index is 13.8. The fourth-order valence-electron chi connectivity index (χ4n) is 4.95. The van der Waals surface area contributed by atoms with Gasteiger partial charge in [-0.2, -0.15) is 0 Å². The number of thioether (sulfide) groups is 1. The summed E-state index contributed by atoms with van der Waals surface area (Å²) in [4.78, 5) is 39.8. The summed E-state index contributed by atoms with van der Waals surface area (Å²) in [7, 11) is 0. The predicted molar refractivity (Wildman–Crippen MR) is 155 cm³/mol. The number of hydrogen-bond donors (Lipinski definition) is 1. The maximum absolute atomic E-state index is 13.8. The molecule has 0 radical (unpaired) electrons. The Morgan fingerprint density at radius 2 is 1.64 bits per heavy atom. The second kappa shape index (κ2) is 13.9. The Hall–Kier alpha value is -3.65. The van der Waals surface area contributed by atoms with Crippen molar-refractivity contribution >= 4 is 29.3 Å². The van der Waals surface area contributed by atoms with Gasteiger partial charge in [0, 0.05) is 36.9 Å². The van der Waals surface area contributed by atoms with Gasteiger partial charge in [0.15, 0.2) is 0 Å². The standard InChI is InChI=1S/C31H35N3O4S/c1-23-9-5-6-12-26(23)20-33(30(35)22-39-21-25-15-17-28(18-16-25)34(37)38)29(19-24-10-3-2-4-11-24)31(36)32-27-13-7-8-14-27/h2-6,9-12,15-18,27,29H,7-8,13-14,19-22H2,1H3,(H,32,36)/t29-/m0/s1. The highest BCUT2D eigenvalue weighted by Crippen LogP contribution is 2.22. The van der Waals surface area contributed by atoms with Crippen LogP contribution in [0.2, 0.25) is 0 Å². The number of amides is 2. The van der Waals surface area contributed by atoms with Gasteiger partial charge in [0.2, 0.25) is 11.8 Å². The number of carbonyl (C=O) groups is 2. The molecule has 0 unspecified atom stereocenters. The van der Waals surface area contributed by atoms with Crippen LogP contribution < -0.4 is 5.32 Å². The smallest absolute Gasteiger partial charge is 0.269 e. The van der Waals surface area contributed by atoms with Gasteiger partial charge in [0.1, 0.15) is 6.04 Å². The number of non-ortho nitro benzene ring substituents is 1. The van der Waals surface area contributed by atoms with E-state index >= 15 is 0 Å². The molecular formula is C31H35N3O4S. The summed E-state index contributed by atoms with van der Waals surface area (Å²) in [5, 5.41) is 14.2. The van der Waals surface area contributed by atoms with Gasteiger partial charge >= 0.3 is 0 Å². The van der Waals surface area contributed by atoms with Crippen LogP contribution in [0.1, 0.15) is 47.9 Å². The molecule has 0 heterocycles. The van der Waals surface area contributed by atoms with Crippen LogP contribution in [0.3, 0.4) is 0 Å². The fraction of sp³-hybridized carbons (Fsp3) is 0.355. The van der Waals surface area contributed by atoms with Crippen molar-refractivity contribution in [3.63, 3.8) is 0 Å². The Kier molecular flexibility index (Phi) is 10.1. The SMILES string of the molecule is Cc1ccccc1CN(C(=O)CSCc1ccc([N+](=O)[O-])cc1)[C@@H](Cc1ccccc1)C(=O)NC1CCCC1. The Morgan fingerprint density at radius 1 is 0.974 bits per heavy atom. The highest BCUT2D eigenvalue weighted by molar-refractivity contribution is 7.99. The molecule has 204 valence electrons. The Bertz CT molecular complexity index is 1260. The third kappa shape index (κ3) is 8.17. The van der Waals surface area contributed by atoms with Gasteiger partial charge in [0.05, 0.1) is 10.7 Å². The fourth-order valence-corrected chi connectivity index (χ4v) is 5.82. The summed E-state index contributed by atoms with van der Waals surface area (Å²) >= 11 is 1.45. The van der Waals surface area contributed by atoms with E-state index in [1.165, 1.54) is 23.9 Å². The molecule has 2 amide bonds. The number of nitro benzene ring substituents is 1. The molecule has 1 fully saturated rings. The molecule has 3 aromatic rings. The topological polar surface area (TPSA) is 92.6 Å². The molecule has 0 bridgehead atoms. The van der Waals surface area contributed by atoms with Crippen LogP contribution in [-0.4, -0.2) is 39.5 Å². The molecule has 0 spiro atoms. The van der Waals surface area contributed by atoms with Crippen LogP contribution in [0.5, 0.6) is 0 Å². The second-order valence-electron chi connectivity index (χ2n) is 10.1. The summed E-state index contributed by atoms with van der Waals surface area (Å²) in [6, 6.07) is 23.7. The number of aryl methyl sites for hydroxylation is 1. The molecule has 3 aromatic carbocycles. The monoisotopic (exact) mass is 545 g/mol. The van der Waals surface area contributed by atoms with Crippen molar-refractivity contribution in [3.8, 4) is 0 Å². The van der Waals surface area contributed by atoms with Crippen LogP contribution in [0.15, 0.2) is 78.9 Å². The van der Waals surface area contributed by atoms with Gasteiger partial charge in [-0.05, 0) is 42.0 Å². The zero-order valence-electron chi connectivity index (χ0n) is 22.3. The molecular weight excluding hydrogens is 510 g/mol. The number of nitrogens with one attached hydrogen (secondary N) is 1. The quantitative estimate of drug-likeness (QED) is 0.228. The minimum Gasteiger partial charge on any atom is -0.352 e. The second-order valence-corrected chi connectivity index (χ2v) is 11.0. The van der Waals surface area contributed by atoms with Gasteiger partial charge in [-0.25, -0.2) is 0 Å². The summed E-state index contributed by atoms with van der Waals surface area (Å²) in [6.07, 6.45) is 4.60. The van der Waals surface area contributed by atoms with Crippen molar-refractivity contribution < 1.29 is 14.5 Å². The van der Waals surface area contributed by atoms with E-state index in [2.05, 4.69) is 5.32 Å². The summed E-state index contributed by atoms with van der Waals surface area (Å²) in [5.74, 6) is 0.533. The lowest BCUT2D eigenvalue weighted by molar-refractivity contribution is -0.384. The number of benzene rings is 3. The van der Waals surface area contributed by atoms with Crippen molar-refractivity contribution in [2.45, 2.75) is 63.4 Å². The minimum atomic E-state index is -0.639. The van der Waals surface area contributed by atoms with E-state index in [0.29, 0.717) is 18.7 Å². The first-order valence-corrected chi connectivity index (χ1v) is 14.6. The first kappa shape index (κ1) is 28.4. The van der Waals surface area contributed by atoms with E-state index in [9.17, 15) is 19.7 Å². The zero-order chi connectivity index (χ0) is 27.6. The number of rotatable bonds is 12. The minimum absolute atomic E-state index is 0.0428. The molecule has 1 N–H and O–H groups in total. The first-order valence-electron chi connectivity index (χ1n) is 13.4. The average Bonchev–Trinajstić information content (AvgIpc) is 3.45. The first-order chi connectivity index (χ1) is 18.9. The van der Waals surface area contributed by atoms with Crippen LogP contribution in [-0.2, 0) is 28.3 Å². The average molecular weight is 546 g/mol. The van der Waals surface area contributed by atoms with E-state index in [-0.39, 0.29) is 29.3 Å². The molecule has 0 saturated heterocycles. The van der Waals surface area contributed by atoms with E-state index in [4.69, 9.17) is 0 Å². The molecule has 0 aliphatic heterocycles. The largest absolute Gasteiger partial charge is 0.352 e. The van der Waals surface area contributed by atoms with Crippen LogP contribution >= 0.6 is 11.8 Å². The van der Waals surface area contributed by atoms with Crippen molar-refractivity contribution in [2.75, 3.05) is 5.75 Å². The van der Waals surface area contributed by atoms with Crippen LogP contribution in [0.4, 0.5) is 5.69 Å². The lowest BCUT2D eigenvalue weighted by Crippen LogP contribution is -2.52. The molecule has 0 aromatic heterocycles. The van der Waals surface area contributed by atoms with E-state index in [0.717, 1.165) is 47.9 Å². The zero-order valence-corrected chi connectivity index (χ0v) is 23.1. The summed E-state index contributed by atoms with van der Waals surface area (Å²) < 4.78 is 0. The van der Waals surface area contributed by atoms with E-state index in [1.54, 1.807) is 17.0 Å². The molecule has 7 nitrogen and oxygen atoms in total. The highest BCUT2D eigenvalue weighted by Gasteiger charge is 2.32. The van der Waals surface area contributed by atoms with Crippen molar-refractivity contribution in [1.29, 1.82) is 0 Å². The molecule has 1 aliphatic carbocycles. The Labute approximate surface area is 234 Å². The molecule has 4 rings (SSSR count). The third-order valence-electron chi connectivity index (χ3n) is 7.22. The summed E-state index contributed by atoms with van der Waals surface area (Å²) in [6.45, 7) is 2.37. The number of carbonyl (C=O) groups excluding carboxylic acids is 2. The van der Waals surface area contributed by atoms with Crippen LogP contribution in [0, 0.1) is 17.0 Å². The van der Waals surface area contributed by atoms with Gasteiger partial charge in [0.25, 0.3) is 5.69 Å². The Balaban J connectivity index is 1.55. The normalized spacial score (nSPS) is 14.1. The molecule has 1 saturated carbocycles. The van der Waals surface area contributed by atoms with Gasteiger partial charge in [-0.3, -0.25) is 19.7 Å². The highest BCUT2D eigenvalue weighted by atomic mass is 32.2. The number of hydrogen-bond acceptors (Lipinski definition) is 5. The van der Waals surface area contributed by atoms with E-state index in [1.807, 2.05) is 61.5 Å². The summed E-state index contributed by atoms with van der Waals surface area (Å²) in [5.41, 5.74) is 4.04. The lowest BCUT2D eigenvalue weighted by atomic mass is 10.0. The Morgan fingerprint density at radius 3 is 2.31 bits per heavy atom. The van der Waals surface area contributed by atoms with E-state index < -0.39 is 11.0 Å². The van der Waals surface area contributed by atoms with Crippen molar-refractivity contribution in [3.05, 3.63) is 111 Å². The van der Waals surface area contributed by atoms with Gasteiger partial charge in [-0.1, -0.05) is 79.6 Å². The van der Waals surface area contributed by atoms with Crippen molar-refractivity contribution in [2.24, 2.45) is 0 Å². The van der Waals surface area contributed by atoms with Crippen LogP contribution in [0.25, 0.3) is 0 Å². The maximum Gasteiger partial charge on any atom is 0.269 e. The van der Waals surface area contributed by atoms with Gasteiger partial charge in [-0.15, -0.1) is 11.8 Å². The molecule has 1 atom stereocenters. The number of nitrogens with zero attached hydrogens (tertiary/aromatic N) is 2. The third-order valence-corrected chi connectivity index (χ3v) is 8.20. The lowest BCUT2D eigenvalue weighted by Gasteiger charge is -2.32. The van der Waals surface area contributed by atoms with Gasteiger partial charge < -0.3 is 10.2 Å². The molecule has 39 heavy (non-hydrogen) atoms. The molecule has 1 aliphatic rings. The predicted octanol–water partition coefficient (Wildman–Crippen LogP) is 5.84.